The van der Waals surface area contributed by atoms with E-state index in [0.717, 1.165) is 36.2 Å². The summed E-state index contributed by atoms with van der Waals surface area (Å²) in [6.07, 6.45) is 6.52. The van der Waals surface area contributed by atoms with Gasteiger partial charge in [0.15, 0.2) is 5.69 Å². The maximum atomic E-state index is 12.6. The van der Waals surface area contributed by atoms with Crippen molar-refractivity contribution in [3.05, 3.63) is 16.4 Å². The van der Waals surface area contributed by atoms with Gasteiger partial charge in [0, 0.05) is 31.1 Å². The molecule has 1 aromatic rings. The van der Waals surface area contributed by atoms with Crippen molar-refractivity contribution in [3.8, 4) is 0 Å². The highest BCUT2D eigenvalue weighted by atomic mass is 127. The number of hydrogen-bond acceptors (Lipinski definition) is 3. The number of rotatable bonds is 4. The van der Waals surface area contributed by atoms with Crippen LogP contribution in [0.15, 0.2) is 10.7 Å². The quantitative estimate of drug-likeness (QED) is 0.452. The molecule has 2 fully saturated rings. The molecule has 144 valence electrons. The molecule has 2 heterocycles. The number of carbonyl (C=O) groups excluding carboxylic acids is 2. The molecular formula is C17H25BrIN4O2P. The molecule has 2 aliphatic rings. The Balaban J connectivity index is 1.48. The minimum Gasteiger partial charge on any atom is -0.353 e. The summed E-state index contributed by atoms with van der Waals surface area (Å²) < 4.78 is 2.60. The molecule has 1 aliphatic heterocycles. The number of nitrogens with one attached hydrogen (secondary N) is 1. The Morgan fingerprint density at radius 2 is 1.88 bits per heavy atom. The van der Waals surface area contributed by atoms with Gasteiger partial charge in [-0.1, -0.05) is 6.92 Å². The SMILES string of the molecule is CC1CCC(NC(=O)C2CCN(C(=O)c3cc(Br)n(PI)n3)CC2)CC1. The highest BCUT2D eigenvalue weighted by Gasteiger charge is 2.30. The van der Waals surface area contributed by atoms with Crippen LogP contribution < -0.4 is 5.32 Å². The molecule has 9 heteroatoms. The lowest BCUT2D eigenvalue weighted by molar-refractivity contribution is -0.127. The van der Waals surface area contributed by atoms with Crippen LogP contribution in [0.4, 0.5) is 0 Å². The van der Waals surface area contributed by atoms with Crippen molar-refractivity contribution in [2.75, 3.05) is 13.1 Å². The smallest absolute Gasteiger partial charge is 0.274 e. The van der Waals surface area contributed by atoms with E-state index in [1.165, 1.54) is 12.8 Å². The van der Waals surface area contributed by atoms with Gasteiger partial charge in [0.1, 0.15) is 4.60 Å². The lowest BCUT2D eigenvalue weighted by Crippen LogP contribution is -2.46. The van der Waals surface area contributed by atoms with Gasteiger partial charge in [-0.2, -0.15) is 5.10 Å². The molecule has 0 radical (unpaired) electrons. The van der Waals surface area contributed by atoms with Crippen LogP contribution in [0, 0.1) is 11.8 Å². The molecule has 0 bridgehead atoms. The van der Waals surface area contributed by atoms with Gasteiger partial charge < -0.3 is 10.2 Å². The van der Waals surface area contributed by atoms with Gasteiger partial charge in [-0.05, 0) is 82.4 Å². The van der Waals surface area contributed by atoms with Crippen molar-refractivity contribution in [2.24, 2.45) is 11.8 Å². The predicted molar refractivity (Wildman–Crippen MR) is 116 cm³/mol. The Bertz CT molecular complexity index is 655. The Kier molecular flexibility index (Phi) is 7.36. The standard InChI is InChI=1S/C17H25BrIN4O2P/c1-11-2-4-13(5-3-11)20-16(24)12-6-8-22(9-7-12)17(25)14-10-15(18)23(21-14)26-19/h10-13,26H,2-9H2,1H3,(H,20,24). The summed E-state index contributed by atoms with van der Waals surface area (Å²) in [6, 6.07) is 2.12. The lowest BCUT2D eigenvalue weighted by atomic mass is 9.86. The van der Waals surface area contributed by atoms with Crippen molar-refractivity contribution in [1.29, 1.82) is 0 Å². The highest BCUT2D eigenvalue weighted by molar-refractivity contribution is 14.2. The maximum Gasteiger partial charge on any atom is 0.274 e. The van der Waals surface area contributed by atoms with Gasteiger partial charge in [0.05, 0.1) is 6.37 Å². The van der Waals surface area contributed by atoms with Crippen LogP contribution in [-0.2, 0) is 4.79 Å². The fraction of sp³-hybridized carbons (Fsp3) is 0.706. The van der Waals surface area contributed by atoms with Crippen LogP contribution in [0.2, 0.25) is 0 Å². The van der Waals surface area contributed by atoms with Gasteiger partial charge in [-0.3, -0.25) is 9.59 Å². The first kappa shape index (κ1) is 20.5. The first-order chi connectivity index (χ1) is 12.5. The number of amides is 2. The number of likely N-dealkylation sites (tertiary alicyclic amines) is 1. The van der Waals surface area contributed by atoms with Gasteiger partial charge in [0.2, 0.25) is 5.91 Å². The zero-order valence-corrected chi connectivity index (χ0v) is 19.6. The second-order valence-electron chi connectivity index (χ2n) is 7.38. The Hall–Kier alpha value is -0.210. The second kappa shape index (κ2) is 9.32. The Morgan fingerprint density at radius 3 is 2.46 bits per heavy atom. The largest absolute Gasteiger partial charge is 0.353 e. The van der Waals surface area contributed by atoms with Gasteiger partial charge in [-0.15, -0.1) is 0 Å². The van der Waals surface area contributed by atoms with Crippen LogP contribution in [0.1, 0.15) is 55.9 Å². The minimum absolute atomic E-state index is 0.0264. The maximum absolute atomic E-state index is 12.6. The molecule has 0 spiro atoms. The van der Waals surface area contributed by atoms with Crippen molar-refractivity contribution in [1.82, 2.24) is 19.8 Å². The first-order valence-electron chi connectivity index (χ1n) is 9.19. The molecule has 26 heavy (non-hydrogen) atoms. The molecule has 1 unspecified atom stereocenters. The summed E-state index contributed by atoms with van der Waals surface area (Å²) in [7, 11) is 0. The summed E-state index contributed by atoms with van der Waals surface area (Å²) in [5.41, 5.74) is 0.472. The fourth-order valence-electron chi connectivity index (χ4n) is 3.75. The zero-order chi connectivity index (χ0) is 18.7. The Morgan fingerprint density at radius 1 is 1.23 bits per heavy atom. The summed E-state index contributed by atoms with van der Waals surface area (Å²) >= 11 is 5.66. The van der Waals surface area contributed by atoms with E-state index in [4.69, 9.17) is 0 Å². The normalized spacial score (nSPS) is 25.0. The minimum atomic E-state index is -0.0424. The van der Waals surface area contributed by atoms with E-state index in [1.807, 2.05) is 4.90 Å². The van der Waals surface area contributed by atoms with Crippen LogP contribution in [0.5, 0.6) is 0 Å². The van der Waals surface area contributed by atoms with E-state index < -0.39 is 0 Å². The number of halogens is 2. The number of piperidine rings is 1. The molecule has 1 aromatic heterocycles. The topological polar surface area (TPSA) is 67.2 Å². The van der Waals surface area contributed by atoms with E-state index in [1.54, 1.807) is 10.5 Å². The van der Waals surface area contributed by atoms with Crippen LogP contribution in [0.3, 0.4) is 0 Å². The summed E-state index contributed by atoms with van der Waals surface area (Å²) in [4.78, 5) is 27.0. The van der Waals surface area contributed by atoms with Crippen LogP contribution in [-0.4, -0.2) is 45.4 Å². The number of hydrogen-bond donors (Lipinski definition) is 1. The molecule has 1 aliphatic carbocycles. The summed E-state index contributed by atoms with van der Waals surface area (Å²) in [6.45, 7) is 3.53. The van der Waals surface area contributed by atoms with Crippen molar-refractivity contribution < 1.29 is 9.59 Å². The summed E-state index contributed by atoms with van der Waals surface area (Å²) in [5, 5.41) is 7.58. The molecular weight excluding hydrogens is 530 g/mol. The molecule has 1 atom stereocenters. The van der Waals surface area contributed by atoms with E-state index in [-0.39, 0.29) is 17.7 Å². The van der Waals surface area contributed by atoms with E-state index in [9.17, 15) is 9.59 Å². The highest BCUT2D eigenvalue weighted by Crippen LogP contribution is 2.29. The molecule has 2 amide bonds. The average molecular weight is 555 g/mol. The van der Waals surface area contributed by atoms with Gasteiger partial charge in [-0.25, -0.2) is 4.45 Å². The van der Waals surface area contributed by atoms with Crippen molar-refractivity contribution in [3.63, 3.8) is 0 Å². The molecule has 0 aromatic carbocycles. The lowest BCUT2D eigenvalue weighted by Gasteiger charge is -2.33. The molecule has 1 N–H and O–H groups in total. The monoisotopic (exact) mass is 554 g/mol. The van der Waals surface area contributed by atoms with E-state index >= 15 is 0 Å². The second-order valence-corrected chi connectivity index (χ2v) is 10.2. The number of carbonyl (C=O) groups is 2. The third kappa shape index (κ3) is 4.98. The Labute approximate surface area is 177 Å². The number of aromatic nitrogens is 2. The molecule has 1 saturated carbocycles. The first-order valence-corrected chi connectivity index (χ1v) is 14.0. The fourth-order valence-corrected chi connectivity index (χ4v) is 6.70. The average Bonchev–Trinajstić information content (AvgIpc) is 3.04. The molecule has 1 saturated heterocycles. The third-order valence-electron chi connectivity index (χ3n) is 5.48. The molecule has 6 nitrogen and oxygen atoms in total. The number of nitrogens with zero attached hydrogens (tertiary/aromatic N) is 3. The van der Waals surface area contributed by atoms with Crippen LogP contribution >= 0.6 is 44.3 Å². The van der Waals surface area contributed by atoms with Crippen LogP contribution in [0.25, 0.3) is 0 Å². The van der Waals surface area contributed by atoms with E-state index in [0.29, 0.717) is 31.2 Å². The molecule has 3 rings (SSSR count). The van der Waals surface area contributed by atoms with E-state index in [2.05, 4.69) is 55.3 Å². The van der Waals surface area contributed by atoms with Crippen molar-refractivity contribution >= 4 is 56.2 Å². The zero-order valence-electron chi connectivity index (χ0n) is 14.9. The third-order valence-corrected chi connectivity index (χ3v) is 8.24. The van der Waals surface area contributed by atoms with Gasteiger partial charge >= 0.3 is 0 Å². The predicted octanol–water partition coefficient (Wildman–Crippen LogP) is 3.98. The van der Waals surface area contributed by atoms with Crippen molar-refractivity contribution in [2.45, 2.75) is 51.5 Å². The summed E-state index contributed by atoms with van der Waals surface area (Å²) in [5.74, 6) is 0.946. The van der Waals surface area contributed by atoms with Gasteiger partial charge in [0.25, 0.3) is 5.91 Å².